The summed E-state index contributed by atoms with van der Waals surface area (Å²) in [5.74, 6) is -0.469. The Hall–Kier alpha value is -3.79. The summed E-state index contributed by atoms with van der Waals surface area (Å²) in [7, 11) is 0. The Labute approximate surface area is 161 Å². The first kappa shape index (κ1) is 17.6. The number of ketones is 1. The van der Waals surface area contributed by atoms with Crippen LogP contribution in [0.25, 0.3) is 17.0 Å². The average Bonchev–Trinajstić information content (AvgIpc) is 3.14. The van der Waals surface area contributed by atoms with Crippen molar-refractivity contribution in [3.05, 3.63) is 108 Å². The molecule has 0 bridgehead atoms. The van der Waals surface area contributed by atoms with E-state index in [0.29, 0.717) is 11.1 Å². The fraction of sp³-hybridized carbons (Fsp3) is 0. The number of H-pyrrole nitrogens is 1. The molecule has 0 aliphatic heterocycles. The van der Waals surface area contributed by atoms with Crippen molar-refractivity contribution in [2.24, 2.45) is 4.99 Å². The Morgan fingerprint density at radius 2 is 1.79 bits per heavy atom. The van der Waals surface area contributed by atoms with Crippen molar-refractivity contribution in [2.45, 2.75) is 0 Å². The molecule has 4 rings (SSSR count). The van der Waals surface area contributed by atoms with Crippen LogP contribution < -0.4 is 0 Å². The van der Waals surface area contributed by atoms with Crippen LogP contribution >= 0.6 is 0 Å². The van der Waals surface area contributed by atoms with E-state index in [-0.39, 0.29) is 11.6 Å². The van der Waals surface area contributed by atoms with E-state index in [4.69, 9.17) is 0 Å². The van der Waals surface area contributed by atoms with Gasteiger partial charge in [-0.25, -0.2) is 4.39 Å². The second-order valence-corrected chi connectivity index (χ2v) is 6.35. The van der Waals surface area contributed by atoms with Crippen molar-refractivity contribution in [3.8, 4) is 0 Å². The molecule has 3 aromatic carbocycles. The molecule has 0 atom stereocenters. The van der Waals surface area contributed by atoms with Gasteiger partial charge in [0.15, 0.2) is 5.78 Å². The lowest BCUT2D eigenvalue weighted by molar-refractivity contribution is 0.104. The SMILES string of the molecule is O=C(/C=C/c1cccc(F)c1)c1ccc(N=Cc2c[nH]c3ccccc23)cc1. The van der Waals surface area contributed by atoms with Crippen molar-refractivity contribution in [1.29, 1.82) is 0 Å². The smallest absolute Gasteiger partial charge is 0.185 e. The first-order chi connectivity index (χ1) is 13.7. The summed E-state index contributed by atoms with van der Waals surface area (Å²) in [4.78, 5) is 20.0. The minimum Gasteiger partial charge on any atom is -0.361 e. The number of fused-ring (bicyclic) bond motifs is 1. The Morgan fingerprint density at radius 3 is 2.61 bits per heavy atom. The molecule has 0 amide bonds. The monoisotopic (exact) mass is 368 g/mol. The highest BCUT2D eigenvalue weighted by Gasteiger charge is 2.03. The third-order valence-corrected chi connectivity index (χ3v) is 4.40. The first-order valence-electron chi connectivity index (χ1n) is 8.87. The predicted molar refractivity (Wildman–Crippen MR) is 112 cm³/mol. The van der Waals surface area contributed by atoms with Crippen LogP contribution in [0, 0.1) is 5.82 Å². The summed E-state index contributed by atoms with van der Waals surface area (Å²) in [6.07, 6.45) is 6.77. The van der Waals surface area contributed by atoms with Crippen molar-refractivity contribution >= 4 is 34.7 Å². The number of carbonyl (C=O) groups is 1. The average molecular weight is 368 g/mol. The van der Waals surface area contributed by atoms with Gasteiger partial charge in [0.05, 0.1) is 5.69 Å². The van der Waals surface area contributed by atoms with Gasteiger partial charge in [0.1, 0.15) is 5.82 Å². The lowest BCUT2D eigenvalue weighted by Crippen LogP contribution is -1.93. The molecule has 0 saturated carbocycles. The number of hydrogen-bond acceptors (Lipinski definition) is 2. The maximum absolute atomic E-state index is 13.2. The molecule has 0 saturated heterocycles. The number of nitrogens with zero attached hydrogens (tertiary/aromatic N) is 1. The molecule has 0 aliphatic carbocycles. The highest BCUT2D eigenvalue weighted by Crippen LogP contribution is 2.18. The van der Waals surface area contributed by atoms with E-state index in [0.717, 1.165) is 22.2 Å². The second kappa shape index (κ2) is 7.84. The Balaban J connectivity index is 1.47. The first-order valence-corrected chi connectivity index (χ1v) is 8.87. The molecule has 1 N–H and O–H groups in total. The van der Waals surface area contributed by atoms with Crippen LogP contribution in [0.3, 0.4) is 0 Å². The number of para-hydroxylation sites is 1. The predicted octanol–water partition coefficient (Wildman–Crippen LogP) is 5.95. The molecule has 0 aliphatic rings. The van der Waals surface area contributed by atoms with Gasteiger partial charge in [0, 0.05) is 34.4 Å². The summed E-state index contributed by atoms with van der Waals surface area (Å²) in [6, 6.07) is 21.2. The largest absolute Gasteiger partial charge is 0.361 e. The van der Waals surface area contributed by atoms with Gasteiger partial charge >= 0.3 is 0 Å². The topological polar surface area (TPSA) is 45.2 Å². The number of aromatic nitrogens is 1. The molecule has 0 spiro atoms. The van der Waals surface area contributed by atoms with Crippen molar-refractivity contribution < 1.29 is 9.18 Å². The summed E-state index contributed by atoms with van der Waals surface area (Å²) >= 11 is 0. The number of halogens is 1. The van der Waals surface area contributed by atoms with Gasteiger partial charge in [0.2, 0.25) is 0 Å². The van der Waals surface area contributed by atoms with Crippen molar-refractivity contribution in [3.63, 3.8) is 0 Å². The normalized spacial score (nSPS) is 11.6. The Morgan fingerprint density at radius 1 is 0.964 bits per heavy atom. The molecule has 0 radical (unpaired) electrons. The van der Waals surface area contributed by atoms with E-state index in [1.807, 2.05) is 30.5 Å². The standard InChI is InChI=1S/C24H17FN2O/c25-20-5-3-4-17(14-20)8-13-24(28)18-9-11-21(12-10-18)26-15-19-16-27-23-7-2-1-6-22(19)23/h1-16,27H/b13-8+,26-15?. The summed E-state index contributed by atoms with van der Waals surface area (Å²) in [5, 5.41) is 1.11. The zero-order valence-corrected chi connectivity index (χ0v) is 15.0. The molecule has 0 unspecified atom stereocenters. The zero-order valence-electron chi connectivity index (χ0n) is 15.0. The Bertz CT molecular complexity index is 1190. The molecule has 4 heteroatoms. The number of carbonyl (C=O) groups excluding carboxylic acids is 1. The quantitative estimate of drug-likeness (QED) is 0.264. The lowest BCUT2D eigenvalue weighted by atomic mass is 10.1. The lowest BCUT2D eigenvalue weighted by Gasteiger charge is -1.98. The van der Waals surface area contributed by atoms with Gasteiger partial charge in [-0.15, -0.1) is 0 Å². The third kappa shape index (κ3) is 3.96. The molecule has 4 aromatic rings. The minimum atomic E-state index is -0.327. The van der Waals surface area contributed by atoms with Crippen LogP contribution in [0.15, 0.2) is 90.1 Å². The zero-order chi connectivity index (χ0) is 19.3. The molecule has 1 heterocycles. The van der Waals surface area contributed by atoms with Gasteiger partial charge in [-0.2, -0.15) is 0 Å². The number of nitrogens with one attached hydrogen (secondary N) is 1. The van der Waals surface area contributed by atoms with Crippen LogP contribution in [-0.4, -0.2) is 17.0 Å². The second-order valence-electron chi connectivity index (χ2n) is 6.35. The minimum absolute atomic E-state index is 0.142. The van der Waals surface area contributed by atoms with Gasteiger partial charge < -0.3 is 4.98 Å². The number of aliphatic imine (C=N–C) groups is 1. The molecule has 136 valence electrons. The number of hydrogen-bond donors (Lipinski definition) is 1. The number of rotatable bonds is 5. The number of aromatic amines is 1. The number of allylic oxidation sites excluding steroid dienone is 1. The molecule has 0 fully saturated rings. The van der Waals surface area contributed by atoms with Crippen LogP contribution in [-0.2, 0) is 0 Å². The van der Waals surface area contributed by atoms with Gasteiger partial charge in [-0.3, -0.25) is 9.79 Å². The van der Waals surface area contributed by atoms with Gasteiger partial charge in [-0.05, 0) is 54.1 Å². The van der Waals surface area contributed by atoms with Crippen LogP contribution in [0.5, 0.6) is 0 Å². The van der Waals surface area contributed by atoms with E-state index in [9.17, 15) is 9.18 Å². The Kier molecular flexibility index (Phi) is 4.93. The van der Waals surface area contributed by atoms with Crippen LogP contribution in [0.1, 0.15) is 21.5 Å². The van der Waals surface area contributed by atoms with E-state index in [2.05, 4.69) is 9.98 Å². The van der Waals surface area contributed by atoms with Gasteiger partial charge in [0.25, 0.3) is 0 Å². The van der Waals surface area contributed by atoms with E-state index in [1.165, 1.54) is 18.2 Å². The molecular formula is C24H17FN2O. The summed E-state index contributed by atoms with van der Waals surface area (Å²) < 4.78 is 13.2. The number of benzene rings is 3. The van der Waals surface area contributed by atoms with Crippen LogP contribution in [0.4, 0.5) is 10.1 Å². The van der Waals surface area contributed by atoms with E-state index >= 15 is 0 Å². The summed E-state index contributed by atoms with van der Waals surface area (Å²) in [5.41, 5.74) is 4.03. The molecular weight excluding hydrogens is 351 g/mol. The van der Waals surface area contributed by atoms with Crippen molar-refractivity contribution in [1.82, 2.24) is 4.98 Å². The van der Waals surface area contributed by atoms with Gasteiger partial charge in [-0.1, -0.05) is 36.4 Å². The molecule has 1 aromatic heterocycles. The fourth-order valence-electron chi connectivity index (χ4n) is 2.94. The fourth-order valence-corrected chi connectivity index (χ4v) is 2.94. The van der Waals surface area contributed by atoms with E-state index in [1.54, 1.807) is 48.7 Å². The highest BCUT2D eigenvalue weighted by molar-refractivity contribution is 6.07. The third-order valence-electron chi connectivity index (χ3n) is 4.40. The van der Waals surface area contributed by atoms with Crippen LogP contribution in [0.2, 0.25) is 0 Å². The molecule has 3 nitrogen and oxygen atoms in total. The maximum atomic E-state index is 13.2. The molecule has 28 heavy (non-hydrogen) atoms. The maximum Gasteiger partial charge on any atom is 0.185 e. The highest BCUT2D eigenvalue weighted by atomic mass is 19.1. The van der Waals surface area contributed by atoms with Crippen molar-refractivity contribution in [2.75, 3.05) is 0 Å². The van der Waals surface area contributed by atoms with E-state index < -0.39 is 0 Å². The summed E-state index contributed by atoms with van der Waals surface area (Å²) in [6.45, 7) is 0.